The summed E-state index contributed by atoms with van der Waals surface area (Å²) in [5.74, 6) is 0.883. The van der Waals surface area contributed by atoms with Crippen LogP contribution in [0.25, 0.3) is 22.2 Å². The second-order valence-corrected chi connectivity index (χ2v) is 8.10. The second kappa shape index (κ2) is 9.69. The van der Waals surface area contributed by atoms with Crippen molar-refractivity contribution in [2.45, 2.75) is 19.3 Å². The standard InChI is InChI=1S/C27H28N2O4/c1-32-24-14-10-18(16-25(24)33-2)26-22(21-5-3-4-6-23(21)29-26)13-9-19(27(28)31)15-17-7-11-20(30)12-8-17/h3-8,10-12,14,16,19,29-30H,9,13,15H2,1-2H3,(H2,28,31). The number of aryl methyl sites for hydroxylation is 1. The van der Waals surface area contributed by atoms with Crippen molar-refractivity contribution in [3.63, 3.8) is 0 Å². The third kappa shape index (κ3) is 4.80. The summed E-state index contributed by atoms with van der Waals surface area (Å²) in [6, 6.07) is 20.9. The van der Waals surface area contributed by atoms with Gasteiger partial charge in [0, 0.05) is 28.1 Å². The minimum atomic E-state index is -0.324. The second-order valence-electron chi connectivity index (χ2n) is 8.10. The molecule has 0 aliphatic carbocycles. The molecule has 4 aromatic rings. The van der Waals surface area contributed by atoms with E-state index in [1.165, 1.54) is 0 Å². The molecule has 1 heterocycles. The number of fused-ring (bicyclic) bond motifs is 1. The number of primary amides is 1. The average Bonchev–Trinajstić information content (AvgIpc) is 3.20. The molecule has 0 radical (unpaired) electrons. The zero-order chi connectivity index (χ0) is 23.4. The number of methoxy groups -OCH3 is 2. The molecule has 6 heteroatoms. The summed E-state index contributed by atoms with van der Waals surface area (Å²) >= 11 is 0. The van der Waals surface area contributed by atoms with Gasteiger partial charge in [0.05, 0.1) is 14.2 Å². The van der Waals surface area contributed by atoms with Crippen LogP contribution in [0.3, 0.4) is 0 Å². The van der Waals surface area contributed by atoms with Crippen LogP contribution in [0.4, 0.5) is 0 Å². The maximum Gasteiger partial charge on any atom is 0.220 e. The van der Waals surface area contributed by atoms with E-state index in [2.05, 4.69) is 11.1 Å². The van der Waals surface area contributed by atoms with Crippen LogP contribution < -0.4 is 15.2 Å². The lowest BCUT2D eigenvalue weighted by Gasteiger charge is -2.15. The number of hydrogen-bond donors (Lipinski definition) is 3. The average molecular weight is 445 g/mol. The topological polar surface area (TPSA) is 97.6 Å². The Morgan fingerprint density at radius 1 is 1.00 bits per heavy atom. The van der Waals surface area contributed by atoms with Crippen LogP contribution in [0.5, 0.6) is 17.2 Å². The number of nitrogens with two attached hydrogens (primary N) is 1. The highest BCUT2D eigenvalue weighted by Gasteiger charge is 2.20. The van der Waals surface area contributed by atoms with Gasteiger partial charge in [-0.25, -0.2) is 0 Å². The molecule has 1 amide bonds. The first-order valence-corrected chi connectivity index (χ1v) is 10.9. The Balaban J connectivity index is 1.66. The Morgan fingerprint density at radius 3 is 2.42 bits per heavy atom. The molecule has 4 N–H and O–H groups in total. The Hall–Kier alpha value is -3.93. The molecule has 0 aliphatic rings. The zero-order valence-electron chi connectivity index (χ0n) is 18.8. The lowest BCUT2D eigenvalue weighted by molar-refractivity contribution is -0.121. The van der Waals surface area contributed by atoms with Crippen LogP contribution in [0, 0.1) is 5.92 Å². The van der Waals surface area contributed by atoms with Gasteiger partial charge in [-0.15, -0.1) is 0 Å². The minimum absolute atomic E-state index is 0.202. The van der Waals surface area contributed by atoms with Gasteiger partial charge in [-0.1, -0.05) is 30.3 Å². The normalized spacial score (nSPS) is 11.9. The molecule has 0 saturated carbocycles. The fourth-order valence-corrected chi connectivity index (χ4v) is 4.28. The quantitative estimate of drug-likeness (QED) is 0.344. The van der Waals surface area contributed by atoms with E-state index >= 15 is 0 Å². The fourth-order valence-electron chi connectivity index (χ4n) is 4.28. The molecule has 0 bridgehead atoms. The molecule has 33 heavy (non-hydrogen) atoms. The van der Waals surface area contributed by atoms with Crippen LogP contribution in [-0.4, -0.2) is 30.2 Å². The molecule has 0 aliphatic heterocycles. The van der Waals surface area contributed by atoms with Gasteiger partial charge in [0.25, 0.3) is 0 Å². The number of para-hydroxylation sites is 1. The predicted octanol–water partition coefficient (Wildman–Crippen LogP) is 4.83. The van der Waals surface area contributed by atoms with Gasteiger partial charge in [-0.2, -0.15) is 0 Å². The van der Waals surface area contributed by atoms with Crippen LogP contribution in [0.1, 0.15) is 17.5 Å². The number of ether oxygens (including phenoxy) is 2. The number of carbonyl (C=O) groups excluding carboxylic acids is 1. The molecule has 1 atom stereocenters. The summed E-state index contributed by atoms with van der Waals surface area (Å²) in [4.78, 5) is 15.8. The van der Waals surface area contributed by atoms with E-state index in [9.17, 15) is 9.90 Å². The molecule has 0 saturated heterocycles. The molecular formula is C27H28N2O4. The van der Waals surface area contributed by atoms with E-state index in [0.29, 0.717) is 30.8 Å². The number of nitrogens with one attached hydrogen (secondary N) is 1. The summed E-state index contributed by atoms with van der Waals surface area (Å²) in [6.07, 6.45) is 1.82. The van der Waals surface area contributed by atoms with Crippen LogP contribution in [0.2, 0.25) is 0 Å². The number of phenols is 1. The Morgan fingerprint density at radius 2 is 1.73 bits per heavy atom. The first-order valence-electron chi connectivity index (χ1n) is 10.9. The summed E-state index contributed by atoms with van der Waals surface area (Å²) < 4.78 is 10.9. The van der Waals surface area contributed by atoms with E-state index in [0.717, 1.165) is 33.3 Å². The Bertz CT molecular complexity index is 1260. The lowest BCUT2D eigenvalue weighted by Crippen LogP contribution is -2.25. The Labute approximate surface area is 193 Å². The number of amides is 1. The van der Waals surface area contributed by atoms with Gasteiger partial charge < -0.3 is 25.3 Å². The minimum Gasteiger partial charge on any atom is -0.508 e. The Kier molecular flexibility index (Phi) is 6.54. The van der Waals surface area contributed by atoms with Crippen molar-refractivity contribution in [3.05, 3.63) is 77.9 Å². The van der Waals surface area contributed by atoms with Crippen molar-refractivity contribution in [3.8, 4) is 28.5 Å². The van der Waals surface area contributed by atoms with Gasteiger partial charge >= 0.3 is 0 Å². The number of hydrogen-bond acceptors (Lipinski definition) is 4. The number of H-pyrrole nitrogens is 1. The molecular weight excluding hydrogens is 416 g/mol. The van der Waals surface area contributed by atoms with E-state index < -0.39 is 0 Å². The summed E-state index contributed by atoms with van der Waals surface area (Å²) in [6.45, 7) is 0. The van der Waals surface area contributed by atoms with E-state index in [1.54, 1.807) is 26.4 Å². The third-order valence-corrected chi connectivity index (χ3v) is 6.05. The molecule has 170 valence electrons. The predicted molar refractivity (Wildman–Crippen MR) is 130 cm³/mol. The summed E-state index contributed by atoms with van der Waals surface area (Å²) in [5, 5.41) is 10.6. The van der Waals surface area contributed by atoms with Gasteiger partial charge in [-0.05, 0) is 66.8 Å². The summed E-state index contributed by atoms with van der Waals surface area (Å²) in [5.41, 5.74) is 10.9. The molecule has 0 fully saturated rings. The first kappa shape index (κ1) is 22.3. The monoisotopic (exact) mass is 444 g/mol. The molecule has 6 nitrogen and oxygen atoms in total. The van der Waals surface area contributed by atoms with Gasteiger partial charge in [0.2, 0.25) is 5.91 Å². The van der Waals surface area contributed by atoms with E-state index in [4.69, 9.17) is 15.2 Å². The lowest BCUT2D eigenvalue weighted by atomic mass is 9.90. The maximum absolute atomic E-state index is 12.2. The third-order valence-electron chi connectivity index (χ3n) is 6.05. The number of aromatic amines is 1. The zero-order valence-corrected chi connectivity index (χ0v) is 18.8. The highest BCUT2D eigenvalue weighted by atomic mass is 16.5. The van der Waals surface area contributed by atoms with Gasteiger partial charge in [0.1, 0.15) is 5.75 Å². The van der Waals surface area contributed by atoms with Crippen molar-refractivity contribution in [1.82, 2.24) is 4.98 Å². The van der Waals surface area contributed by atoms with Crippen molar-refractivity contribution in [1.29, 1.82) is 0 Å². The molecule has 0 spiro atoms. The largest absolute Gasteiger partial charge is 0.508 e. The number of aromatic hydroxyl groups is 1. The van der Waals surface area contributed by atoms with Crippen LogP contribution >= 0.6 is 0 Å². The molecule has 3 aromatic carbocycles. The van der Waals surface area contributed by atoms with Crippen molar-refractivity contribution >= 4 is 16.8 Å². The highest BCUT2D eigenvalue weighted by molar-refractivity contribution is 5.91. The van der Waals surface area contributed by atoms with Gasteiger partial charge in [0.15, 0.2) is 11.5 Å². The SMILES string of the molecule is COc1ccc(-c2[nH]c3ccccc3c2CCC(Cc2ccc(O)cc2)C(N)=O)cc1OC. The van der Waals surface area contributed by atoms with E-state index in [-0.39, 0.29) is 17.6 Å². The van der Waals surface area contributed by atoms with Crippen molar-refractivity contribution in [2.75, 3.05) is 14.2 Å². The van der Waals surface area contributed by atoms with Crippen LogP contribution in [0.15, 0.2) is 66.7 Å². The molecule has 1 aromatic heterocycles. The number of rotatable bonds is 9. The van der Waals surface area contributed by atoms with Crippen molar-refractivity contribution in [2.24, 2.45) is 11.7 Å². The maximum atomic E-state index is 12.2. The summed E-state index contributed by atoms with van der Waals surface area (Å²) in [7, 11) is 3.23. The van der Waals surface area contributed by atoms with Crippen molar-refractivity contribution < 1.29 is 19.4 Å². The first-order chi connectivity index (χ1) is 16.0. The van der Waals surface area contributed by atoms with Crippen LogP contribution in [-0.2, 0) is 17.6 Å². The number of phenolic OH excluding ortho intramolecular Hbond substituents is 1. The highest BCUT2D eigenvalue weighted by Crippen LogP contribution is 2.37. The van der Waals surface area contributed by atoms with E-state index in [1.807, 2.05) is 48.5 Å². The number of benzene rings is 3. The molecule has 4 rings (SSSR count). The van der Waals surface area contributed by atoms with Gasteiger partial charge in [-0.3, -0.25) is 4.79 Å². The smallest absolute Gasteiger partial charge is 0.220 e. The fraction of sp³-hybridized carbons (Fsp3) is 0.222. The number of aromatic nitrogens is 1. The number of carbonyl (C=O) groups is 1. The molecule has 1 unspecified atom stereocenters.